The first-order valence-corrected chi connectivity index (χ1v) is 8.91. The van der Waals surface area contributed by atoms with Crippen LogP contribution in [-0.2, 0) is 13.8 Å². The van der Waals surface area contributed by atoms with Gasteiger partial charge in [0.1, 0.15) is 36.2 Å². The Balaban J connectivity index is 1.62. The number of nitrogens with one attached hydrogen (secondary N) is 1. The predicted molar refractivity (Wildman–Crippen MR) is 79.3 cm³/mol. The number of phosphoric ester groups is 1. The fourth-order valence-electron chi connectivity index (χ4n) is 2.96. The molecule has 0 radical (unpaired) electrons. The van der Waals surface area contributed by atoms with Crippen molar-refractivity contribution in [2.45, 2.75) is 24.5 Å². The Kier molecular flexibility index (Phi) is 3.92. The number of rotatable bonds is 4. The Labute approximate surface area is 140 Å². The summed E-state index contributed by atoms with van der Waals surface area (Å²) < 4.78 is 22.2. The summed E-state index contributed by atoms with van der Waals surface area (Å²) in [6.45, 7) is -0.211. The summed E-state index contributed by atoms with van der Waals surface area (Å²) >= 11 is 0. The minimum absolute atomic E-state index is 0.355. The molecule has 25 heavy (non-hydrogen) atoms. The molecule has 0 aliphatic carbocycles. The molecule has 3 aliphatic heterocycles. The van der Waals surface area contributed by atoms with Gasteiger partial charge in [-0.15, -0.1) is 0 Å². The van der Waals surface area contributed by atoms with Crippen molar-refractivity contribution in [2.24, 2.45) is 4.99 Å². The fraction of sp³-hybridized carbons (Fsp3) is 0.500. The van der Waals surface area contributed by atoms with E-state index in [1.807, 2.05) is 11.1 Å². The Bertz CT molecular complexity index is 879. The van der Waals surface area contributed by atoms with Gasteiger partial charge in [0.2, 0.25) is 0 Å². The lowest BCUT2D eigenvalue weighted by Crippen LogP contribution is -2.44. The van der Waals surface area contributed by atoms with E-state index in [1.165, 1.54) is 10.9 Å². The van der Waals surface area contributed by atoms with E-state index in [0.717, 1.165) is 5.82 Å². The highest BCUT2D eigenvalue weighted by molar-refractivity contribution is 7.46. The van der Waals surface area contributed by atoms with Gasteiger partial charge in [0.25, 0.3) is 0 Å². The first-order chi connectivity index (χ1) is 11.8. The number of aliphatic hydroxyl groups excluding tert-OH is 2. The summed E-state index contributed by atoms with van der Waals surface area (Å²) in [6.07, 6.45) is 0.161. The van der Waals surface area contributed by atoms with E-state index >= 15 is 0 Å². The standard InChI is InChI=1S/C12H16N5O7P/c18-8-6(3-23-25(20,21)22)24-12(9(8)19)17-5-14-7-10-13-1-2-16(10)4-15-11(7)17/h1-2,5-6,8-9,12-13,18-19H,3-4H2,(H2,20,21,22)/t6-,8-,9-,12-/m1/s1. The van der Waals surface area contributed by atoms with E-state index in [9.17, 15) is 14.8 Å². The third kappa shape index (κ3) is 2.87. The minimum Gasteiger partial charge on any atom is -0.387 e. The maximum atomic E-state index is 10.8. The monoisotopic (exact) mass is 373 g/mol. The Morgan fingerprint density at radius 3 is 2.96 bits per heavy atom. The second-order valence-corrected chi connectivity index (χ2v) is 6.97. The fourth-order valence-corrected chi connectivity index (χ4v) is 3.30. The van der Waals surface area contributed by atoms with Gasteiger partial charge in [-0.25, -0.2) is 14.5 Å². The number of phosphoric acid groups is 1. The maximum Gasteiger partial charge on any atom is 0.469 e. The van der Waals surface area contributed by atoms with Gasteiger partial charge in [0.05, 0.1) is 12.9 Å². The molecule has 0 aromatic carbocycles. The zero-order valence-corrected chi connectivity index (χ0v) is 13.6. The van der Waals surface area contributed by atoms with Crippen LogP contribution in [0.3, 0.4) is 0 Å². The maximum absolute atomic E-state index is 10.8. The third-order valence-electron chi connectivity index (χ3n) is 4.14. The highest BCUT2D eigenvalue weighted by Crippen LogP contribution is 2.38. The summed E-state index contributed by atoms with van der Waals surface area (Å²) in [4.78, 5) is 28.1. The quantitative estimate of drug-likeness (QED) is 0.337. The number of aliphatic hydroxyl groups is 2. The molecular weight excluding hydrogens is 357 g/mol. The average Bonchev–Trinajstić information content (AvgIpc) is 3.23. The molecule has 0 saturated carbocycles. The Morgan fingerprint density at radius 2 is 2.20 bits per heavy atom. The van der Waals surface area contributed by atoms with Gasteiger partial charge >= 0.3 is 7.82 Å². The second kappa shape index (κ2) is 5.88. The van der Waals surface area contributed by atoms with Crippen LogP contribution in [0.15, 0.2) is 23.7 Å². The first-order valence-electron chi connectivity index (χ1n) is 7.38. The number of nitrogens with zero attached hydrogens (tertiary/aromatic N) is 4. The second-order valence-electron chi connectivity index (χ2n) is 5.73. The number of aromatic nitrogens is 2. The molecule has 4 atom stereocenters. The highest BCUT2D eigenvalue weighted by atomic mass is 31.2. The number of hydrogen-bond acceptors (Lipinski definition) is 9. The van der Waals surface area contributed by atoms with Gasteiger partial charge in [-0.1, -0.05) is 0 Å². The van der Waals surface area contributed by atoms with Crippen molar-refractivity contribution in [3.05, 3.63) is 29.6 Å². The number of imidazole rings is 1. The lowest BCUT2D eigenvalue weighted by Gasteiger charge is -2.19. The molecule has 0 spiro atoms. The Hall–Kier alpha value is -1.79. The van der Waals surface area contributed by atoms with Gasteiger partial charge in [0.15, 0.2) is 11.7 Å². The molecule has 3 aliphatic rings. The van der Waals surface area contributed by atoms with E-state index in [2.05, 4.69) is 19.8 Å². The smallest absolute Gasteiger partial charge is 0.387 e. The van der Waals surface area contributed by atoms with E-state index < -0.39 is 39.0 Å². The van der Waals surface area contributed by atoms with Crippen LogP contribution < -0.4 is 16.2 Å². The summed E-state index contributed by atoms with van der Waals surface area (Å²) in [5, 5.41) is 23.9. The van der Waals surface area contributed by atoms with Crippen molar-refractivity contribution >= 4 is 13.6 Å². The van der Waals surface area contributed by atoms with Crippen LogP contribution in [0.5, 0.6) is 0 Å². The topological polar surface area (TPSA) is 162 Å². The van der Waals surface area contributed by atoms with Gasteiger partial charge in [-0.3, -0.25) is 9.09 Å². The van der Waals surface area contributed by atoms with E-state index in [1.54, 1.807) is 6.20 Å². The largest absolute Gasteiger partial charge is 0.469 e. The van der Waals surface area contributed by atoms with Crippen molar-refractivity contribution in [3.8, 4) is 0 Å². The van der Waals surface area contributed by atoms with Crippen molar-refractivity contribution in [1.29, 1.82) is 0 Å². The summed E-state index contributed by atoms with van der Waals surface area (Å²) in [5.41, 5.74) is 0.468. The highest BCUT2D eigenvalue weighted by Gasteiger charge is 2.45. The van der Waals surface area contributed by atoms with Crippen molar-refractivity contribution in [2.75, 3.05) is 13.3 Å². The van der Waals surface area contributed by atoms with E-state index in [-0.39, 0.29) is 0 Å². The van der Waals surface area contributed by atoms with Crippen LogP contribution in [0.1, 0.15) is 6.23 Å². The van der Waals surface area contributed by atoms with Crippen LogP contribution in [0.2, 0.25) is 0 Å². The van der Waals surface area contributed by atoms with Crippen LogP contribution in [0.25, 0.3) is 5.82 Å². The summed E-state index contributed by atoms with van der Waals surface area (Å²) in [6, 6.07) is 0. The lowest BCUT2D eigenvalue weighted by atomic mass is 10.1. The molecule has 4 heterocycles. The number of ether oxygens (including phenoxy) is 1. The minimum atomic E-state index is -4.71. The molecule has 13 heteroatoms. The van der Waals surface area contributed by atoms with Crippen LogP contribution in [0.4, 0.5) is 0 Å². The van der Waals surface area contributed by atoms with Crippen LogP contribution in [-0.4, -0.2) is 66.0 Å². The Morgan fingerprint density at radius 1 is 1.40 bits per heavy atom. The third-order valence-corrected chi connectivity index (χ3v) is 4.63. The molecule has 5 N–H and O–H groups in total. The molecule has 4 rings (SSSR count). The zero-order chi connectivity index (χ0) is 17.8. The molecule has 1 fully saturated rings. The molecule has 136 valence electrons. The number of fused-ring (bicyclic) bond motifs is 2. The van der Waals surface area contributed by atoms with Crippen molar-refractivity contribution in [3.63, 3.8) is 0 Å². The van der Waals surface area contributed by atoms with Crippen molar-refractivity contribution < 1.29 is 33.8 Å². The molecule has 0 amide bonds. The van der Waals surface area contributed by atoms with Crippen molar-refractivity contribution in [1.82, 2.24) is 19.8 Å². The zero-order valence-electron chi connectivity index (χ0n) is 12.7. The first kappa shape index (κ1) is 16.7. The molecule has 1 aromatic rings. The lowest BCUT2D eigenvalue weighted by molar-refractivity contribution is -0.0539. The van der Waals surface area contributed by atoms with Gasteiger partial charge in [-0.2, -0.15) is 0 Å². The predicted octanol–water partition coefficient (Wildman–Crippen LogP) is -3.36. The molecule has 0 bridgehead atoms. The average molecular weight is 373 g/mol. The van der Waals surface area contributed by atoms with Gasteiger partial charge in [0, 0.05) is 12.4 Å². The normalized spacial score (nSPS) is 30.9. The number of hydrogen-bond donors (Lipinski definition) is 5. The molecule has 1 aromatic heterocycles. The van der Waals surface area contributed by atoms with Crippen LogP contribution >= 0.6 is 7.82 Å². The van der Waals surface area contributed by atoms with Crippen LogP contribution in [0, 0.1) is 0 Å². The molecular formula is C12H16N5O7P. The SMILES string of the molecule is O=P(O)(O)OC[C@H]1O[C@@H](n2cnc3c2=NCN2C=CNC=32)[C@H](O)[C@@H]1O. The van der Waals surface area contributed by atoms with Gasteiger partial charge < -0.3 is 35.0 Å². The van der Waals surface area contributed by atoms with E-state index in [4.69, 9.17) is 14.5 Å². The molecule has 1 saturated heterocycles. The van der Waals surface area contributed by atoms with E-state index in [0.29, 0.717) is 17.5 Å². The molecule has 12 nitrogen and oxygen atoms in total. The summed E-state index contributed by atoms with van der Waals surface area (Å²) in [5.74, 6) is 0.748. The van der Waals surface area contributed by atoms with Gasteiger partial charge in [-0.05, 0) is 0 Å². The molecule has 0 unspecified atom stereocenters. The summed E-state index contributed by atoms with van der Waals surface area (Å²) in [7, 11) is -4.71.